The number of hydrogen-bond donors (Lipinski definition) is 2. The molecule has 1 atom stereocenters. The zero-order valence-corrected chi connectivity index (χ0v) is 13.0. The van der Waals surface area contributed by atoms with E-state index in [1.54, 1.807) is 0 Å². The number of hydrogen-bond acceptors (Lipinski definition) is 2. The Bertz CT molecular complexity index is 164. The number of nitrogens with one attached hydrogen (secondary N) is 1. The average Bonchev–Trinajstić information content (AvgIpc) is 2.31. The molecule has 0 rings (SSSR count). The normalized spacial score (nSPS) is 11.4. The van der Waals surface area contributed by atoms with Crippen LogP contribution >= 0.6 is 0 Å². The van der Waals surface area contributed by atoms with Gasteiger partial charge in [-0.2, -0.15) is 0 Å². The minimum absolute atomic E-state index is 0.384. The Labute approximate surface area is 109 Å². The second kappa shape index (κ2) is 17.8. The molecule has 0 radical (unpaired) electrons. The predicted octanol–water partition coefficient (Wildman–Crippen LogP) is 4.79. The highest BCUT2D eigenvalue weighted by molar-refractivity contribution is 5.80. The van der Waals surface area contributed by atoms with Gasteiger partial charge in [-0.3, -0.25) is 0 Å². The van der Waals surface area contributed by atoms with Crippen molar-refractivity contribution in [2.75, 3.05) is 0 Å². The molecule has 0 fully saturated rings. The maximum absolute atomic E-state index is 7.25. The van der Waals surface area contributed by atoms with Gasteiger partial charge in [0.2, 0.25) is 0 Å². The van der Waals surface area contributed by atoms with E-state index in [4.69, 9.17) is 11.1 Å². The second-order valence-corrected chi connectivity index (χ2v) is 4.25. The van der Waals surface area contributed by atoms with Gasteiger partial charge in [0.25, 0.3) is 0 Å². The molecule has 0 amide bonds. The summed E-state index contributed by atoms with van der Waals surface area (Å²) in [5.74, 6) is 0.537. The first-order valence-corrected chi connectivity index (χ1v) is 6.78. The highest BCUT2D eigenvalue weighted by Gasteiger charge is 2.02. The number of allylic oxidation sites excluding steroid dienone is 2. The highest BCUT2D eigenvalue weighted by atomic mass is 14.6. The first-order chi connectivity index (χ1) is 7.90. The van der Waals surface area contributed by atoms with Gasteiger partial charge in [-0.25, -0.2) is 0 Å². The van der Waals surface area contributed by atoms with E-state index in [0.29, 0.717) is 12.0 Å². The topological polar surface area (TPSA) is 49.9 Å². The monoisotopic (exact) mass is 242 g/mol. The quantitative estimate of drug-likeness (QED) is 0.540. The Morgan fingerprint density at radius 2 is 1.35 bits per heavy atom. The molecular weight excluding hydrogens is 208 g/mol. The van der Waals surface area contributed by atoms with Gasteiger partial charge in [0.05, 0.1) is 0 Å². The molecule has 0 bridgehead atoms. The molecule has 0 aliphatic rings. The van der Waals surface area contributed by atoms with Crippen LogP contribution in [-0.4, -0.2) is 11.8 Å². The van der Waals surface area contributed by atoms with Gasteiger partial charge in [0.15, 0.2) is 0 Å². The summed E-state index contributed by atoms with van der Waals surface area (Å²) < 4.78 is 0. The van der Waals surface area contributed by atoms with Crippen LogP contribution in [-0.2, 0) is 0 Å². The molecule has 0 saturated carbocycles. The standard InChI is InChI=1S/C7H15N.C4H11N.C4H8/c1-4-7(5-2)6(3)8;1-3-4(2)5;1-3-4-2/h7-8H,4-5H2,1-3H3;4H,3,5H2,1-2H3;3-4H,1-2H3/b;;4-3-/t;4-;/m.0./s1. The average molecular weight is 242 g/mol. The minimum Gasteiger partial charge on any atom is -0.328 e. The fourth-order valence-electron chi connectivity index (χ4n) is 0.901. The summed E-state index contributed by atoms with van der Waals surface area (Å²) >= 11 is 0. The van der Waals surface area contributed by atoms with E-state index < -0.39 is 0 Å². The van der Waals surface area contributed by atoms with Crippen LogP contribution in [0.15, 0.2) is 12.2 Å². The van der Waals surface area contributed by atoms with Gasteiger partial charge in [-0.05, 0) is 52.9 Å². The van der Waals surface area contributed by atoms with Crippen molar-refractivity contribution < 1.29 is 0 Å². The summed E-state index contributed by atoms with van der Waals surface area (Å²) in [6.07, 6.45) is 7.32. The number of nitrogens with two attached hydrogens (primary N) is 1. The SMILES string of the molecule is C/C=C\C.CCC(CC)C(C)=N.CC[C@H](C)N. The van der Waals surface area contributed by atoms with E-state index in [2.05, 4.69) is 20.8 Å². The van der Waals surface area contributed by atoms with Gasteiger partial charge in [0.1, 0.15) is 0 Å². The lowest BCUT2D eigenvalue weighted by Crippen LogP contribution is -2.11. The molecule has 0 aliphatic heterocycles. The lowest BCUT2D eigenvalue weighted by atomic mass is 9.99. The third-order valence-electron chi connectivity index (χ3n) is 2.58. The van der Waals surface area contributed by atoms with Crippen molar-refractivity contribution in [3.05, 3.63) is 12.2 Å². The van der Waals surface area contributed by atoms with E-state index in [0.717, 1.165) is 25.0 Å². The number of rotatable bonds is 4. The Morgan fingerprint density at radius 1 is 1.06 bits per heavy atom. The van der Waals surface area contributed by atoms with Crippen LogP contribution in [0.4, 0.5) is 0 Å². The Morgan fingerprint density at radius 3 is 1.35 bits per heavy atom. The van der Waals surface area contributed by atoms with E-state index in [-0.39, 0.29) is 0 Å². The van der Waals surface area contributed by atoms with E-state index >= 15 is 0 Å². The zero-order valence-electron chi connectivity index (χ0n) is 13.0. The molecule has 2 nitrogen and oxygen atoms in total. The third-order valence-corrected chi connectivity index (χ3v) is 2.58. The first kappa shape index (κ1) is 21.6. The first-order valence-electron chi connectivity index (χ1n) is 6.78. The van der Waals surface area contributed by atoms with Crippen molar-refractivity contribution in [1.29, 1.82) is 5.41 Å². The maximum atomic E-state index is 7.25. The summed E-state index contributed by atoms with van der Waals surface area (Å²) in [6.45, 7) is 14.2. The second-order valence-electron chi connectivity index (χ2n) is 4.25. The van der Waals surface area contributed by atoms with Crippen LogP contribution in [0, 0.1) is 11.3 Å². The van der Waals surface area contributed by atoms with Crippen molar-refractivity contribution in [2.45, 2.75) is 73.8 Å². The molecule has 0 aromatic rings. The van der Waals surface area contributed by atoms with Crippen LogP contribution < -0.4 is 5.73 Å². The van der Waals surface area contributed by atoms with Crippen molar-refractivity contribution >= 4 is 5.71 Å². The Kier molecular flexibility index (Phi) is 22.6. The third kappa shape index (κ3) is 25.5. The smallest absolute Gasteiger partial charge is 0.00889 e. The molecule has 17 heavy (non-hydrogen) atoms. The van der Waals surface area contributed by atoms with Gasteiger partial charge in [-0.1, -0.05) is 32.9 Å². The van der Waals surface area contributed by atoms with E-state index in [1.807, 2.05) is 39.8 Å². The molecular formula is C15H34N2. The largest absolute Gasteiger partial charge is 0.328 e. The Hall–Kier alpha value is -0.630. The summed E-state index contributed by atoms with van der Waals surface area (Å²) in [7, 11) is 0. The van der Waals surface area contributed by atoms with Crippen LogP contribution in [0.3, 0.4) is 0 Å². The summed E-state index contributed by atoms with van der Waals surface area (Å²) in [5.41, 5.74) is 6.12. The molecule has 0 aliphatic carbocycles. The summed E-state index contributed by atoms with van der Waals surface area (Å²) in [6, 6.07) is 0.384. The molecule has 0 spiro atoms. The van der Waals surface area contributed by atoms with Gasteiger partial charge >= 0.3 is 0 Å². The van der Waals surface area contributed by atoms with Crippen LogP contribution in [0.2, 0.25) is 0 Å². The molecule has 0 aromatic carbocycles. The van der Waals surface area contributed by atoms with Crippen molar-refractivity contribution in [1.82, 2.24) is 0 Å². The van der Waals surface area contributed by atoms with Gasteiger partial charge in [0, 0.05) is 11.8 Å². The highest BCUT2D eigenvalue weighted by Crippen LogP contribution is 2.07. The van der Waals surface area contributed by atoms with Crippen molar-refractivity contribution in [3.8, 4) is 0 Å². The minimum atomic E-state index is 0.384. The summed E-state index contributed by atoms with van der Waals surface area (Å²) in [5, 5.41) is 7.25. The van der Waals surface area contributed by atoms with E-state index in [1.165, 1.54) is 0 Å². The van der Waals surface area contributed by atoms with Crippen LogP contribution in [0.1, 0.15) is 67.7 Å². The van der Waals surface area contributed by atoms with Gasteiger partial charge in [-0.15, -0.1) is 0 Å². The molecule has 0 aromatic heterocycles. The Balaban J connectivity index is -0.000000188. The molecule has 2 heteroatoms. The molecule has 0 unspecified atom stereocenters. The predicted molar refractivity (Wildman–Crippen MR) is 81.9 cm³/mol. The lowest BCUT2D eigenvalue weighted by Gasteiger charge is -2.07. The molecule has 0 heterocycles. The van der Waals surface area contributed by atoms with E-state index in [9.17, 15) is 0 Å². The van der Waals surface area contributed by atoms with Crippen LogP contribution in [0.5, 0.6) is 0 Å². The fourth-order valence-corrected chi connectivity index (χ4v) is 0.901. The molecule has 0 saturated heterocycles. The summed E-state index contributed by atoms with van der Waals surface area (Å²) in [4.78, 5) is 0. The fraction of sp³-hybridized carbons (Fsp3) is 0.800. The van der Waals surface area contributed by atoms with Crippen molar-refractivity contribution in [2.24, 2.45) is 11.7 Å². The molecule has 3 N–H and O–H groups in total. The molecule has 104 valence electrons. The zero-order chi connectivity index (χ0) is 14.3. The van der Waals surface area contributed by atoms with Crippen molar-refractivity contribution in [3.63, 3.8) is 0 Å². The lowest BCUT2D eigenvalue weighted by molar-refractivity contribution is 0.637. The van der Waals surface area contributed by atoms with Gasteiger partial charge < -0.3 is 11.1 Å². The van der Waals surface area contributed by atoms with Crippen LogP contribution in [0.25, 0.3) is 0 Å². The maximum Gasteiger partial charge on any atom is 0.00889 e.